The molecule has 0 saturated heterocycles. The molecular formula is C17H16N2O. The van der Waals surface area contributed by atoms with Crippen LogP contribution >= 0.6 is 0 Å². The molecule has 3 rings (SSSR count). The Balaban J connectivity index is 1.94. The van der Waals surface area contributed by atoms with Crippen molar-refractivity contribution in [3.05, 3.63) is 60.3 Å². The molecule has 100 valence electrons. The minimum Gasteiger partial charge on any atom is -0.457 e. The molecule has 20 heavy (non-hydrogen) atoms. The monoisotopic (exact) mass is 264 g/mol. The van der Waals surface area contributed by atoms with Gasteiger partial charge in [-0.25, -0.2) is 4.98 Å². The van der Waals surface area contributed by atoms with Gasteiger partial charge in [0.1, 0.15) is 17.3 Å². The van der Waals surface area contributed by atoms with Gasteiger partial charge in [0, 0.05) is 19.3 Å². The summed E-state index contributed by atoms with van der Waals surface area (Å²) in [6.45, 7) is 2.12. The third-order valence-electron chi connectivity index (χ3n) is 3.29. The standard InChI is InChI=1S/C17H16N2O/c1-12-4-3-5-13-10-14(6-7-16(12)13)20-15-8-9-19-17(11-15)18-2/h3-11H,1-2H3,(H,18,19). The van der Waals surface area contributed by atoms with Crippen molar-refractivity contribution in [2.45, 2.75) is 6.92 Å². The summed E-state index contributed by atoms with van der Waals surface area (Å²) in [5.74, 6) is 2.40. The first-order valence-electron chi connectivity index (χ1n) is 6.57. The van der Waals surface area contributed by atoms with Crippen molar-refractivity contribution in [3.8, 4) is 11.5 Å². The van der Waals surface area contributed by atoms with Crippen LogP contribution in [0.4, 0.5) is 5.82 Å². The molecule has 0 bridgehead atoms. The van der Waals surface area contributed by atoms with E-state index in [4.69, 9.17) is 4.74 Å². The highest BCUT2D eigenvalue weighted by atomic mass is 16.5. The molecule has 0 aliphatic rings. The zero-order valence-electron chi connectivity index (χ0n) is 11.6. The Bertz CT molecular complexity index is 753. The van der Waals surface area contributed by atoms with Crippen LogP contribution in [0.2, 0.25) is 0 Å². The minimum absolute atomic E-state index is 0.774. The number of benzene rings is 2. The number of nitrogens with one attached hydrogen (secondary N) is 1. The largest absolute Gasteiger partial charge is 0.457 e. The predicted molar refractivity (Wildman–Crippen MR) is 82.5 cm³/mol. The quantitative estimate of drug-likeness (QED) is 0.762. The first-order valence-corrected chi connectivity index (χ1v) is 6.57. The Morgan fingerprint density at radius 3 is 2.70 bits per heavy atom. The lowest BCUT2D eigenvalue weighted by atomic mass is 10.1. The topological polar surface area (TPSA) is 34.1 Å². The second kappa shape index (κ2) is 5.21. The molecular weight excluding hydrogens is 248 g/mol. The van der Waals surface area contributed by atoms with Crippen molar-refractivity contribution < 1.29 is 4.74 Å². The van der Waals surface area contributed by atoms with Crippen LogP contribution < -0.4 is 10.1 Å². The van der Waals surface area contributed by atoms with Crippen molar-refractivity contribution in [2.75, 3.05) is 12.4 Å². The highest BCUT2D eigenvalue weighted by Gasteiger charge is 2.02. The number of hydrogen-bond acceptors (Lipinski definition) is 3. The highest BCUT2D eigenvalue weighted by molar-refractivity contribution is 5.86. The van der Waals surface area contributed by atoms with Gasteiger partial charge in [-0.2, -0.15) is 0 Å². The molecule has 0 amide bonds. The number of ether oxygens (including phenoxy) is 1. The molecule has 0 radical (unpaired) electrons. The van der Waals surface area contributed by atoms with Crippen LogP contribution in [0, 0.1) is 6.92 Å². The lowest BCUT2D eigenvalue weighted by Gasteiger charge is -2.09. The smallest absolute Gasteiger partial charge is 0.132 e. The molecule has 0 unspecified atom stereocenters. The summed E-state index contributed by atoms with van der Waals surface area (Å²) in [6, 6.07) is 16.1. The van der Waals surface area contributed by atoms with Gasteiger partial charge in [0.25, 0.3) is 0 Å². The van der Waals surface area contributed by atoms with E-state index in [2.05, 4.69) is 47.6 Å². The van der Waals surface area contributed by atoms with Crippen molar-refractivity contribution in [1.82, 2.24) is 4.98 Å². The van der Waals surface area contributed by atoms with Gasteiger partial charge < -0.3 is 10.1 Å². The van der Waals surface area contributed by atoms with Gasteiger partial charge in [0.15, 0.2) is 0 Å². The molecule has 2 aromatic carbocycles. The number of nitrogens with zero attached hydrogens (tertiary/aromatic N) is 1. The second-order valence-electron chi connectivity index (χ2n) is 4.69. The average molecular weight is 264 g/mol. The average Bonchev–Trinajstić information content (AvgIpc) is 2.47. The van der Waals surface area contributed by atoms with Crippen LogP contribution in [-0.4, -0.2) is 12.0 Å². The van der Waals surface area contributed by atoms with E-state index in [9.17, 15) is 0 Å². The Morgan fingerprint density at radius 1 is 1.00 bits per heavy atom. The molecule has 0 aliphatic heterocycles. The van der Waals surface area contributed by atoms with Gasteiger partial charge in [-0.3, -0.25) is 0 Å². The molecule has 1 N–H and O–H groups in total. The third kappa shape index (κ3) is 2.43. The van der Waals surface area contributed by atoms with Crippen LogP contribution in [0.5, 0.6) is 11.5 Å². The Kier molecular flexibility index (Phi) is 3.25. The van der Waals surface area contributed by atoms with Crippen LogP contribution in [0.25, 0.3) is 10.8 Å². The van der Waals surface area contributed by atoms with E-state index in [1.54, 1.807) is 6.20 Å². The van der Waals surface area contributed by atoms with Gasteiger partial charge in [-0.1, -0.05) is 24.3 Å². The fourth-order valence-corrected chi connectivity index (χ4v) is 2.23. The number of rotatable bonds is 3. The maximum absolute atomic E-state index is 5.89. The molecule has 0 atom stereocenters. The number of hydrogen-bond donors (Lipinski definition) is 1. The van der Waals surface area contributed by atoms with Crippen molar-refractivity contribution >= 4 is 16.6 Å². The summed E-state index contributed by atoms with van der Waals surface area (Å²) < 4.78 is 5.89. The van der Waals surface area contributed by atoms with E-state index in [1.165, 1.54) is 16.3 Å². The molecule has 0 aliphatic carbocycles. The fraction of sp³-hybridized carbons (Fsp3) is 0.118. The van der Waals surface area contributed by atoms with Gasteiger partial charge in [-0.15, -0.1) is 0 Å². The normalized spacial score (nSPS) is 10.5. The second-order valence-corrected chi connectivity index (χ2v) is 4.69. The first kappa shape index (κ1) is 12.5. The molecule has 3 heteroatoms. The Morgan fingerprint density at radius 2 is 1.85 bits per heavy atom. The lowest BCUT2D eigenvalue weighted by molar-refractivity contribution is 0.483. The van der Waals surface area contributed by atoms with Gasteiger partial charge in [0.2, 0.25) is 0 Å². The van der Waals surface area contributed by atoms with E-state index in [1.807, 2.05) is 25.2 Å². The van der Waals surface area contributed by atoms with Crippen molar-refractivity contribution in [1.29, 1.82) is 0 Å². The number of anilines is 1. The number of aryl methyl sites for hydroxylation is 1. The van der Waals surface area contributed by atoms with Crippen LogP contribution in [0.1, 0.15) is 5.56 Å². The molecule has 3 aromatic rings. The molecule has 1 heterocycles. The molecule has 0 saturated carbocycles. The summed E-state index contributed by atoms with van der Waals surface area (Å²) in [4.78, 5) is 4.17. The van der Waals surface area contributed by atoms with Gasteiger partial charge in [-0.05, 0) is 41.5 Å². The van der Waals surface area contributed by atoms with Crippen LogP contribution in [0.15, 0.2) is 54.7 Å². The predicted octanol–water partition coefficient (Wildman–Crippen LogP) is 4.38. The minimum atomic E-state index is 0.774. The Hall–Kier alpha value is -2.55. The van der Waals surface area contributed by atoms with E-state index in [-0.39, 0.29) is 0 Å². The third-order valence-corrected chi connectivity index (χ3v) is 3.29. The lowest BCUT2D eigenvalue weighted by Crippen LogP contribution is -1.92. The van der Waals surface area contributed by atoms with E-state index in [0.717, 1.165) is 17.3 Å². The first-order chi connectivity index (χ1) is 9.76. The SMILES string of the molecule is CNc1cc(Oc2ccc3c(C)cccc3c2)ccn1. The van der Waals surface area contributed by atoms with E-state index >= 15 is 0 Å². The van der Waals surface area contributed by atoms with Gasteiger partial charge in [0.05, 0.1) is 0 Å². The highest BCUT2D eigenvalue weighted by Crippen LogP contribution is 2.27. The van der Waals surface area contributed by atoms with Crippen LogP contribution in [0.3, 0.4) is 0 Å². The zero-order chi connectivity index (χ0) is 13.9. The summed E-state index contributed by atoms with van der Waals surface area (Å²) in [5.41, 5.74) is 1.27. The van der Waals surface area contributed by atoms with Crippen molar-refractivity contribution in [2.24, 2.45) is 0 Å². The molecule has 0 spiro atoms. The number of aromatic nitrogens is 1. The number of pyridine rings is 1. The summed E-state index contributed by atoms with van der Waals surface area (Å²) >= 11 is 0. The molecule has 0 fully saturated rings. The van der Waals surface area contributed by atoms with E-state index in [0.29, 0.717) is 0 Å². The van der Waals surface area contributed by atoms with Crippen LogP contribution in [-0.2, 0) is 0 Å². The summed E-state index contributed by atoms with van der Waals surface area (Å²) in [5, 5.41) is 5.44. The zero-order valence-corrected chi connectivity index (χ0v) is 11.6. The molecule has 3 nitrogen and oxygen atoms in total. The fourth-order valence-electron chi connectivity index (χ4n) is 2.23. The summed E-state index contributed by atoms with van der Waals surface area (Å²) in [6.07, 6.45) is 1.73. The molecule has 1 aromatic heterocycles. The summed E-state index contributed by atoms with van der Waals surface area (Å²) in [7, 11) is 1.84. The van der Waals surface area contributed by atoms with Crippen molar-refractivity contribution in [3.63, 3.8) is 0 Å². The maximum Gasteiger partial charge on any atom is 0.132 e. The van der Waals surface area contributed by atoms with Gasteiger partial charge >= 0.3 is 0 Å². The van der Waals surface area contributed by atoms with E-state index < -0.39 is 0 Å². The maximum atomic E-state index is 5.89. The number of fused-ring (bicyclic) bond motifs is 1. The Labute approximate surface area is 118 Å².